The smallest absolute Gasteiger partial charge is 0.341 e. The Morgan fingerprint density at radius 3 is 2.66 bits per heavy atom. The van der Waals surface area contributed by atoms with Gasteiger partial charge in [0, 0.05) is 25.3 Å². The normalized spacial score (nSPS) is 15.6. The highest BCUT2D eigenvalue weighted by molar-refractivity contribution is 5.93. The van der Waals surface area contributed by atoms with E-state index in [2.05, 4.69) is 10.6 Å². The second kappa shape index (κ2) is 10.7. The van der Waals surface area contributed by atoms with Crippen molar-refractivity contribution in [3.8, 4) is 5.75 Å². The lowest BCUT2D eigenvalue weighted by atomic mass is 9.97. The molecule has 0 spiro atoms. The Labute approximate surface area is 187 Å². The van der Waals surface area contributed by atoms with Crippen molar-refractivity contribution in [3.63, 3.8) is 0 Å². The van der Waals surface area contributed by atoms with Crippen LogP contribution < -0.4 is 15.4 Å². The minimum Gasteiger partial charge on any atom is -0.496 e. The first-order valence-electron chi connectivity index (χ1n) is 10.6. The number of ether oxygens (including phenoxy) is 2. The third kappa shape index (κ3) is 5.78. The lowest BCUT2D eigenvalue weighted by molar-refractivity contribution is -0.126. The standard InChI is InChI=1S/C24H29N3O5/c1-16-6-4-8-19(12-16)26-24(30)27-11-5-7-18(15-27)22(28)25-14-17-9-10-21(31-2)20(13-17)23(29)32-3/h4,6,8-10,12-13,18H,5,7,11,14-15H2,1-3H3,(H,25,28)(H,26,30). The molecule has 1 aliphatic heterocycles. The summed E-state index contributed by atoms with van der Waals surface area (Å²) in [6.45, 7) is 3.20. The van der Waals surface area contributed by atoms with E-state index >= 15 is 0 Å². The molecule has 32 heavy (non-hydrogen) atoms. The number of aryl methyl sites for hydroxylation is 1. The molecule has 0 bridgehead atoms. The third-order valence-electron chi connectivity index (χ3n) is 5.48. The Morgan fingerprint density at radius 1 is 1.12 bits per heavy atom. The molecule has 1 saturated heterocycles. The highest BCUT2D eigenvalue weighted by Gasteiger charge is 2.28. The van der Waals surface area contributed by atoms with Crippen LogP contribution in [0, 0.1) is 12.8 Å². The van der Waals surface area contributed by atoms with Gasteiger partial charge in [-0.2, -0.15) is 0 Å². The number of amides is 3. The molecule has 0 radical (unpaired) electrons. The Balaban J connectivity index is 1.57. The quantitative estimate of drug-likeness (QED) is 0.673. The SMILES string of the molecule is COC(=O)c1cc(CNC(=O)C2CCCN(C(=O)Nc3cccc(C)c3)C2)ccc1OC. The van der Waals surface area contributed by atoms with E-state index in [9.17, 15) is 14.4 Å². The van der Waals surface area contributed by atoms with Crippen molar-refractivity contribution in [1.29, 1.82) is 0 Å². The van der Waals surface area contributed by atoms with E-state index in [1.807, 2.05) is 31.2 Å². The van der Waals surface area contributed by atoms with Crippen LogP contribution in [0.2, 0.25) is 0 Å². The molecule has 2 N–H and O–H groups in total. The molecule has 1 atom stereocenters. The maximum absolute atomic E-state index is 12.8. The molecule has 0 saturated carbocycles. The first-order valence-corrected chi connectivity index (χ1v) is 10.6. The molecule has 1 unspecified atom stereocenters. The van der Waals surface area contributed by atoms with Gasteiger partial charge in [-0.3, -0.25) is 4.79 Å². The average Bonchev–Trinajstić information content (AvgIpc) is 2.81. The van der Waals surface area contributed by atoms with Gasteiger partial charge in [0.25, 0.3) is 0 Å². The van der Waals surface area contributed by atoms with Gasteiger partial charge in [0.2, 0.25) is 5.91 Å². The zero-order chi connectivity index (χ0) is 23.1. The fourth-order valence-corrected chi connectivity index (χ4v) is 3.77. The largest absolute Gasteiger partial charge is 0.496 e. The summed E-state index contributed by atoms with van der Waals surface area (Å²) < 4.78 is 9.98. The number of nitrogens with zero attached hydrogens (tertiary/aromatic N) is 1. The van der Waals surface area contributed by atoms with Gasteiger partial charge in [-0.25, -0.2) is 9.59 Å². The summed E-state index contributed by atoms with van der Waals surface area (Å²) in [6, 6.07) is 12.5. The van der Waals surface area contributed by atoms with Crippen molar-refractivity contribution < 1.29 is 23.9 Å². The van der Waals surface area contributed by atoms with Crippen LogP contribution >= 0.6 is 0 Å². The summed E-state index contributed by atoms with van der Waals surface area (Å²) in [4.78, 5) is 39.0. The molecule has 1 heterocycles. The van der Waals surface area contributed by atoms with Crippen LogP contribution in [0.15, 0.2) is 42.5 Å². The molecule has 3 rings (SSSR count). The summed E-state index contributed by atoms with van der Waals surface area (Å²) in [6.07, 6.45) is 1.48. The number of likely N-dealkylation sites (tertiary alicyclic amines) is 1. The van der Waals surface area contributed by atoms with Gasteiger partial charge >= 0.3 is 12.0 Å². The molecule has 0 aliphatic carbocycles. The second-order valence-corrected chi connectivity index (χ2v) is 7.83. The number of methoxy groups -OCH3 is 2. The number of rotatable bonds is 6. The fourth-order valence-electron chi connectivity index (χ4n) is 3.77. The average molecular weight is 440 g/mol. The molecule has 8 nitrogen and oxygen atoms in total. The van der Waals surface area contributed by atoms with Gasteiger partial charge < -0.3 is 25.0 Å². The monoisotopic (exact) mass is 439 g/mol. The van der Waals surface area contributed by atoms with Crippen LogP contribution in [0.5, 0.6) is 5.75 Å². The Kier molecular flexibility index (Phi) is 7.70. The number of carbonyl (C=O) groups excluding carboxylic acids is 3. The zero-order valence-electron chi connectivity index (χ0n) is 18.6. The van der Waals surface area contributed by atoms with Crippen LogP contribution in [-0.2, 0) is 16.1 Å². The second-order valence-electron chi connectivity index (χ2n) is 7.83. The molecule has 8 heteroatoms. The van der Waals surface area contributed by atoms with Gasteiger partial charge in [-0.15, -0.1) is 0 Å². The molecule has 170 valence electrons. The first kappa shape index (κ1) is 23.1. The van der Waals surface area contributed by atoms with Gasteiger partial charge in [-0.05, 0) is 55.2 Å². The first-order chi connectivity index (χ1) is 15.4. The molecule has 1 fully saturated rings. The van der Waals surface area contributed by atoms with E-state index in [0.717, 1.165) is 29.7 Å². The van der Waals surface area contributed by atoms with Crippen LogP contribution in [-0.4, -0.2) is 50.1 Å². The third-order valence-corrected chi connectivity index (χ3v) is 5.48. The van der Waals surface area contributed by atoms with Crippen LogP contribution in [0.4, 0.5) is 10.5 Å². The summed E-state index contributed by atoms with van der Waals surface area (Å²) in [5.74, 6) is -0.495. The van der Waals surface area contributed by atoms with E-state index in [0.29, 0.717) is 24.4 Å². The maximum atomic E-state index is 12.8. The Bertz CT molecular complexity index is 991. The predicted molar refractivity (Wildman–Crippen MR) is 121 cm³/mol. The van der Waals surface area contributed by atoms with E-state index in [4.69, 9.17) is 9.47 Å². The summed E-state index contributed by atoms with van der Waals surface area (Å²) >= 11 is 0. The molecule has 2 aromatic carbocycles. The number of carbonyl (C=O) groups is 3. The number of piperidine rings is 1. The zero-order valence-corrected chi connectivity index (χ0v) is 18.6. The van der Waals surface area contributed by atoms with Gasteiger partial charge in [0.15, 0.2) is 0 Å². The van der Waals surface area contributed by atoms with E-state index in [-0.39, 0.29) is 24.4 Å². The van der Waals surface area contributed by atoms with Crippen molar-refractivity contribution in [2.45, 2.75) is 26.3 Å². The number of esters is 1. The molecule has 3 amide bonds. The van der Waals surface area contributed by atoms with Crippen molar-refractivity contribution in [2.75, 3.05) is 32.6 Å². The van der Waals surface area contributed by atoms with Crippen molar-refractivity contribution in [1.82, 2.24) is 10.2 Å². The number of benzene rings is 2. The molecule has 2 aromatic rings. The maximum Gasteiger partial charge on any atom is 0.341 e. The lowest BCUT2D eigenvalue weighted by Gasteiger charge is -2.32. The fraction of sp³-hybridized carbons (Fsp3) is 0.375. The minimum atomic E-state index is -0.502. The van der Waals surface area contributed by atoms with Crippen LogP contribution in [0.25, 0.3) is 0 Å². The minimum absolute atomic E-state index is 0.117. The highest BCUT2D eigenvalue weighted by atomic mass is 16.5. The number of hydrogen-bond donors (Lipinski definition) is 2. The molecular weight excluding hydrogens is 410 g/mol. The molecular formula is C24H29N3O5. The number of urea groups is 1. The highest BCUT2D eigenvalue weighted by Crippen LogP contribution is 2.22. The molecule has 0 aromatic heterocycles. The number of hydrogen-bond acceptors (Lipinski definition) is 5. The Hall–Kier alpha value is -3.55. The van der Waals surface area contributed by atoms with Gasteiger partial charge in [0.1, 0.15) is 11.3 Å². The van der Waals surface area contributed by atoms with Gasteiger partial charge in [-0.1, -0.05) is 18.2 Å². The van der Waals surface area contributed by atoms with Crippen molar-refractivity contribution in [3.05, 3.63) is 59.2 Å². The Morgan fingerprint density at radius 2 is 1.94 bits per heavy atom. The summed E-state index contributed by atoms with van der Waals surface area (Å²) in [7, 11) is 2.79. The summed E-state index contributed by atoms with van der Waals surface area (Å²) in [5.41, 5.74) is 2.86. The van der Waals surface area contributed by atoms with Crippen LogP contribution in [0.3, 0.4) is 0 Å². The van der Waals surface area contributed by atoms with Crippen molar-refractivity contribution >= 4 is 23.6 Å². The number of nitrogens with one attached hydrogen (secondary N) is 2. The summed E-state index contributed by atoms with van der Waals surface area (Å²) in [5, 5.41) is 5.82. The lowest BCUT2D eigenvalue weighted by Crippen LogP contribution is -2.46. The van der Waals surface area contributed by atoms with Gasteiger partial charge in [0.05, 0.1) is 20.1 Å². The van der Waals surface area contributed by atoms with Crippen molar-refractivity contribution in [2.24, 2.45) is 5.92 Å². The molecule has 1 aliphatic rings. The van der Waals surface area contributed by atoms with E-state index in [1.165, 1.54) is 14.2 Å². The topological polar surface area (TPSA) is 97.0 Å². The van der Waals surface area contributed by atoms with E-state index in [1.54, 1.807) is 23.1 Å². The van der Waals surface area contributed by atoms with Crippen LogP contribution in [0.1, 0.15) is 34.3 Å². The number of anilines is 1. The van der Waals surface area contributed by atoms with E-state index < -0.39 is 5.97 Å². The predicted octanol–water partition coefficient (Wildman–Crippen LogP) is 3.35.